The first-order valence-corrected chi connectivity index (χ1v) is 15.3. The summed E-state index contributed by atoms with van der Waals surface area (Å²) < 4.78 is 14.9. The third-order valence-electron chi connectivity index (χ3n) is 9.05. The molecule has 6 rings (SSSR count). The van der Waals surface area contributed by atoms with Crippen LogP contribution in [0.3, 0.4) is 0 Å². The van der Waals surface area contributed by atoms with Crippen molar-refractivity contribution in [1.29, 1.82) is 0 Å². The number of aryl methyl sites for hydroxylation is 1. The standard InChI is InChI=1S/C32H39N3O11/c1-16-7-22(37)20-9-19-10-25(46-43-15-24(39)29(42)28(41)23(38)14-36)32(2,5-3-17-8-26(40)34-11-17)45-30(19)27(31(20)44-16)35-12-18-4-6-33-21(18)13-35/h4,6-7,9,12-13,17,23-25,28-29,33,36,38-39,41-42H,3,5,8,10-11,14-15H2,1-2H3,(H,34,40). The van der Waals surface area contributed by atoms with Gasteiger partial charge in [-0.3, -0.25) is 9.59 Å². The molecule has 1 amide bonds. The molecule has 0 saturated carbocycles. The zero-order valence-corrected chi connectivity index (χ0v) is 25.5. The van der Waals surface area contributed by atoms with Gasteiger partial charge in [0.1, 0.15) is 54.2 Å². The smallest absolute Gasteiger partial charge is 0.220 e. The lowest BCUT2D eigenvalue weighted by Gasteiger charge is -2.42. The summed E-state index contributed by atoms with van der Waals surface area (Å²) in [4.78, 5) is 39.5. The zero-order chi connectivity index (χ0) is 32.7. The van der Waals surface area contributed by atoms with Crippen molar-refractivity contribution >= 4 is 27.8 Å². The van der Waals surface area contributed by atoms with Gasteiger partial charge in [0.15, 0.2) is 16.8 Å². The van der Waals surface area contributed by atoms with Gasteiger partial charge in [-0.05, 0) is 44.7 Å². The summed E-state index contributed by atoms with van der Waals surface area (Å²) in [6, 6.07) is 5.08. The van der Waals surface area contributed by atoms with Gasteiger partial charge in [-0.15, -0.1) is 0 Å². The van der Waals surface area contributed by atoms with Crippen LogP contribution < -0.4 is 15.5 Å². The lowest BCUT2D eigenvalue weighted by molar-refractivity contribution is -0.360. The predicted octanol–water partition coefficient (Wildman–Crippen LogP) is 0.736. The molecule has 7 unspecified atom stereocenters. The number of aliphatic hydroxyl groups is 5. The second-order valence-electron chi connectivity index (χ2n) is 12.5. The van der Waals surface area contributed by atoms with Crippen LogP contribution in [0, 0.1) is 12.8 Å². The van der Waals surface area contributed by atoms with Crippen LogP contribution >= 0.6 is 0 Å². The number of ether oxygens (including phenoxy) is 1. The fourth-order valence-corrected chi connectivity index (χ4v) is 6.28. The summed E-state index contributed by atoms with van der Waals surface area (Å²) in [5.41, 5.74) is 1.20. The Labute approximate surface area is 263 Å². The van der Waals surface area contributed by atoms with Crippen molar-refractivity contribution in [2.24, 2.45) is 5.92 Å². The van der Waals surface area contributed by atoms with Gasteiger partial charge in [-0.25, -0.2) is 9.78 Å². The average molecular weight is 642 g/mol. The summed E-state index contributed by atoms with van der Waals surface area (Å²) in [5, 5.41) is 53.4. The number of H-pyrrole nitrogens is 1. The highest BCUT2D eigenvalue weighted by Gasteiger charge is 2.45. The molecule has 1 saturated heterocycles. The van der Waals surface area contributed by atoms with Gasteiger partial charge in [0.25, 0.3) is 0 Å². The van der Waals surface area contributed by atoms with Crippen molar-refractivity contribution in [2.75, 3.05) is 19.8 Å². The van der Waals surface area contributed by atoms with Gasteiger partial charge in [0, 0.05) is 55.0 Å². The number of rotatable bonds is 12. The Hall–Kier alpha value is -3.76. The largest absolute Gasteiger partial charge is 0.482 e. The number of hydrogen-bond acceptors (Lipinski definition) is 11. The van der Waals surface area contributed by atoms with Gasteiger partial charge in [-0.2, -0.15) is 0 Å². The van der Waals surface area contributed by atoms with Crippen LogP contribution in [0.15, 0.2) is 46.0 Å². The number of carbonyl (C=O) groups is 1. The fourth-order valence-electron chi connectivity index (χ4n) is 6.28. The molecule has 2 aliphatic rings. The van der Waals surface area contributed by atoms with Crippen LogP contribution in [-0.4, -0.2) is 96.9 Å². The third-order valence-corrected chi connectivity index (χ3v) is 9.05. The third kappa shape index (κ3) is 6.17. The van der Waals surface area contributed by atoms with Gasteiger partial charge < -0.3 is 49.6 Å². The number of aromatic amines is 1. The molecule has 14 nitrogen and oxygen atoms in total. The molecule has 2 aliphatic heterocycles. The highest BCUT2D eigenvalue weighted by Crippen LogP contribution is 2.45. The molecule has 0 radical (unpaired) electrons. The minimum absolute atomic E-state index is 0.00952. The van der Waals surface area contributed by atoms with Gasteiger partial charge in [-0.1, -0.05) is 0 Å². The van der Waals surface area contributed by atoms with Crippen LogP contribution in [0.25, 0.3) is 27.6 Å². The maximum atomic E-state index is 13.2. The number of fused-ring (bicyclic) bond motifs is 3. The van der Waals surface area contributed by atoms with E-state index in [9.17, 15) is 30.0 Å². The summed E-state index contributed by atoms with van der Waals surface area (Å²) in [6.07, 6.45) is -0.375. The highest BCUT2D eigenvalue weighted by atomic mass is 17.2. The summed E-state index contributed by atoms with van der Waals surface area (Å²) in [5.74, 6) is 1.03. The second kappa shape index (κ2) is 12.8. The first kappa shape index (κ1) is 32.2. The van der Waals surface area contributed by atoms with E-state index >= 15 is 0 Å². The van der Waals surface area contributed by atoms with Crippen molar-refractivity contribution in [2.45, 2.75) is 75.7 Å². The molecule has 0 spiro atoms. The molecular weight excluding hydrogens is 602 g/mol. The Balaban J connectivity index is 1.35. The van der Waals surface area contributed by atoms with E-state index in [4.69, 9.17) is 24.0 Å². The number of benzene rings is 1. The van der Waals surface area contributed by atoms with Crippen molar-refractivity contribution in [1.82, 2.24) is 14.9 Å². The molecule has 46 heavy (non-hydrogen) atoms. The van der Waals surface area contributed by atoms with E-state index in [0.29, 0.717) is 59.5 Å². The minimum Gasteiger partial charge on any atom is -0.482 e. The van der Waals surface area contributed by atoms with E-state index in [1.807, 2.05) is 36.1 Å². The average Bonchev–Trinajstić information content (AvgIpc) is 3.75. The van der Waals surface area contributed by atoms with Gasteiger partial charge in [0.2, 0.25) is 5.91 Å². The highest BCUT2D eigenvalue weighted by molar-refractivity contribution is 5.91. The van der Waals surface area contributed by atoms with E-state index in [1.54, 1.807) is 13.0 Å². The molecule has 5 heterocycles. The number of aromatic nitrogens is 2. The van der Waals surface area contributed by atoms with Crippen molar-refractivity contribution in [3.63, 3.8) is 0 Å². The van der Waals surface area contributed by atoms with E-state index in [-0.39, 0.29) is 23.7 Å². The van der Waals surface area contributed by atoms with Crippen molar-refractivity contribution < 1.29 is 49.3 Å². The van der Waals surface area contributed by atoms with E-state index in [2.05, 4.69) is 10.3 Å². The number of hydrogen-bond donors (Lipinski definition) is 7. The number of amides is 1. The van der Waals surface area contributed by atoms with Gasteiger partial charge in [0.05, 0.1) is 17.5 Å². The first-order chi connectivity index (χ1) is 22.0. The molecule has 7 atom stereocenters. The van der Waals surface area contributed by atoms with Crippen LogP contribution in [0.5, 0.6) is 5.75 Å². The van der Waals surface area contributed by atoms with Gasteiger partial charge >= 0.3 is 0 Å². The molecule has 248 valence electrons. The van der Waals surface area contributed by atoms with E-state index < -0.39 is 49.3 Å². The van der Waals surface area contributed by atoms with E-state index in [1.165, 1.54) is 6.07 Å². The number of aliphatic hydroxyl groups excluding tert-OH is 5. The topological polar surface area (TPSA) is 209 Å². The normalized spacial score (nSPS) is 24.0. The lowest BCUT2D eigenvalue weighted by Crippen LogP contribution is -2.51. The molecule has 7 N–H and O–H groups in total. The quantitative estimate of drug-likeness (QED) is 0.0847. The summed E-state index contributed by atoms with van der Waals surface area (Å²) in [6.45, 7) is 2.74. The molecule has 0 bridgehead atoms. The molecular formula is C32H39N3O11. The second-order valence-corrected chi connectivity index (χ2v) is 12.5. The summed E-state index contributed by atoms with van der Waals surface area (Å²) in [7, 11) is 0. The van der Waals surface area contributed by atoms with Crippen LogP contribution in [0.2, 0.25) is 0 Å². The number of carbonyl (C=O) groups excluding carboxylic acids is 1. The van der Waals surface area contributed by atoms with Crippen LogP contribution in [0.1, 0.15) is 37.5 Å². The molecule has 1 fully saturated rings. The molecule has 0 aliphatic carbocycles. The molecule has 3 aromatic heterocycles. The molecule has 1 aromatic carbocycles. The molecule has 4 aromatic rings. The Bertz CT molecular complexity index is 1750. The SMILES string of the molecule is Cc1cc(=O)c2cc3c(c(-n4cc5cc[nH]c5c4)c2o1)OC(C)(CCC1CNC(=O)C1)C(OOCC(O)C(O)C(O)C(O)CO)C3. The monoisotopic (exact) mass is 641 g/mol. The van der Waals surface area contributed by atoms with Crippen LogP contribution in [0.4, 0.5) is 0 Å². The van der Waals surface area contributed by atoms with Crippen molar-refractivity contribution in [3.05, 3.63) is 58.3 Å². The fraction of sp³-hybridized carbons (Fsp3) is 0.500. The van der Waals surface area contributed by atoms with Crippen LogP contribution in [-0.2, 0) is 21.0 Å². The minimum atomic E-state index is -1.82. The Kier molecular flexibility index (Phi) is 8.95. The first-order valence-electron chi connectivity index (χ1n) is 15.3. The zero-order valence-electron chi connectivity index (χ0n) is 25.5. The Morgan fingerprint density at radius 3 is 2.61 bits per heavy atom. The maximum Gasteiger partial charge on any atom is 0.220 e. The van der Waals surface area contributed by atoms with E-state index in [0.717, 1.165) is 10.9 Å². The Morgan fingerprint density at radius 2 is 1.89 bits per heavy atom. The molecule has 14 heteroatoms. The predicted molar refractivity (Wildman–Crippen MR) is 163 cm³/mol. The van der Waals surface area contributed by atoms with Crippen molar-refractivity contribution in [3.8, 4) is 11.4 Å². The Morgan fingerprint density at radius 1 is 1.11 bits per heavy atom. The maximum absolute atomic E-state index is 13.2. The number of nitrogens with one attached hydrogen (secondary N) is 2. The lowest BCUT2D eigenvalue weighted by atomic mass is 9.83. The number of nitrogens with zero attached hydrogens (tertiary/aromatic N) is 1. The summed E-state index contributed by atoms with van der Waals surface area (Å²) >= 11 is 0.